The lowest BCUT2D eigenvalue weighted by Gasteiger charge is -2.36. The fourth-order valence-electron chi connectivity index (χ4n) is 3.07. The summed E-state index contributed by atoms with van der Waals surface area (Å²) in [5, 5.41) is 2.80. The van der Waals surface area contributed by atoms with Gasteiger partial charge in [-0.3, -0.25) is 4.98 Å². The molecule has 1 aliphatic rings. The summed E-state index contributed by atoms with van der Waals surface area (Å²) in [5.74, 6) is -0.341. The normalized spacial score (nSPS) is 14.4. The average Bonchev–Trinajstić information content (AvgIpc) is 2.68. The first-order valence-electron chi connectivity index (χ1n) is 9.19. The predicted octanol–water partition coefficient (Wildman–Crippen LogP) is 3.42. The summed E-state index contributed by atoms with van der Waals surface area (Å²) in [6.07, 6.45) is 3.53. The molecule has 1 aromatic carbocycles. The number of nitrogens with one attached hydrogen (secondary N) is 1. The van der Waals surface area contributed by atoms with Crippen molar-refractivity contribution in [3.63, 3.8) is 0 Å². The molecule has 0 spiro atoms. The lowest BCUT2D eigenvalue weighted by molar-refractivity contribution is 0.208. The van der Waals surface area contributed by atoms with Crippen molar-refractivity contribution in [2.45, 2.75) is 19.9 Å². The van der Waals surface area contributed by atoms with E-state index in [1.54, 1.807) is 29.4 Å². The SMILES string of the molecule is CC(C)N(C)c1ccc(NC(=O)N2CCN(c3ccncc3)CC2)cc1F. The van der Waals surface area contributed by atoms with Gasteiger partial charge in [-0.15, -0.1) is 0 Å². The standard InChI is InChI=1S/C20H26FN5O/c1-15(2)24(3)19-5-4-16(14-18(19)21)23-20(27)26-12-10-25(11-13-26)17-6-8-22-9-7-17/h4-9,14-15H,10-13H2,1-3H3,(H,23,27). The van der Waals surface area contributed by atoms with E-state index in [-0.39, 0.29) is 17.9 Å². The molecule has 1 aromatic heterocycles. The van der Waals surface area contributed by atoms with Crippen LogP contribution < -0.4 is 15.1 Å². The highest BCUT2D eigenvalue weighted by Gasteiger charge is 2.21. The maximum absolute atomic E-state index is 14.4. The number of anilines is 3. The van der Waals surface area contributed by atoms with E-state index in [9.17, 15) is 9.18 Å². The average molecular weight is 371 g/mol. The number of hydrogen-bond acceptors (Lipinski definition) is 4. The Hall–Kier alpha value is -2.83. The molecule has 0 atom stereocenters. The molecule has 1 N–H and O–H groups in total. The van der Waals surface area contributed by atoms with Crippen molar-refractivity contribution in [2.24, 2.45) is 0 Å². The molecule has 0 aliphatic carbocycles. The molecule has 2 amide bonds. The third kappa shape index (κ3) is 4.48. The van der Waals surface area contributed by atoms with Gasteiger partial charge in [0.2, 0.25) is 0 Å². The quantitative estimate of drug-likeness (QED) is 0.895. The third-order valence-corrected chi connectivity index (χ3v) is 4.95. The van der Waals surface area contributed by atoms with Crippen molar-refractivity contribution in [1.82, 2.24) is 9.88 Å². The van der Waals surface area contributed by atoms with Crippen molar-refractivity contribution in [3.05, 3.63) is 48.5 Å². The van der Waals surface area contributed by atoms with Crippen LogP contribution in [0.25, 0.3) is 0 Å². The Labute approximate surface area is 159 Å². The van der Waals surface area contributed by atoms with E-state index in [4.69, 9.17) is 0 Å². The number of benzene rings is 1. The highest BCUT2D eigenvalue weighted by Crippen LogP contribution is 2.24. The molecule has 1 aliphatic heterocycles. The van der Waals surface area contributed by atoms with Gasteiger partial charge in [0.1, 0.15) is 5.82 Å². The molecular weight excluding hydrogens is 345 g/mol. The Bertz CT molecular complexity index is 775. The number of carbonyl (C=O) groups is 1. The molecule has 1 saturated heterocycles. The predicted molar refractivity (Wildman–Crippen MR) is 107 cm³/mol. The zero-order valence-corrected chi connectivity index (χ0v) is 16.0. The van der Waals surface area contributed by atoms with Crippen LogP contribution in [0.1, 0.15) is 13.8 Å². The van der Waals surface area contributed by atoms with E-state index >= 15 is 0 Å². The second kappa shape index (κ2) is 8.24. The molecule has 0 radical (unpaired) electrons. The number of amides is 2. The smallest absolute Gasteiger partial charge is 0.321 e. The summed E-state index contributed by atoms with van der Waals surface area (Å²) in [6.45, 7) is 6.74. The zero-order valence-electron chi connectivity index (χ0n) is 16.0. The topological polar surface area (TPSA) is 51.7 Å². The van der Waals surface area contributed by atoms with Gasteiger partial charge in [0.15, 0.2) is 0 Å². The number of rotatable bonds is 4. The summed E-state index contributed by atoms with van der Waals surface area (Å²) >= 11 is 0. The Morgan fingerprint density at radius 3 is 2.41 bits per heavy atom. The van der Waals surface area contributed by atoms with Gasteiger partial charge in [-0.05, 0) is 44.2 Å². The summed E-state index contributed by atoms with van der Waals surface area (Å²) in [4.78, 5) is 22.4. The van der Waals surface area contributed by atoms with Gasteiger partial charge >= 0.3 is 6.03 Å². The highest BCUT2D eigenvalue weighted by atomic mass is 19.1. The molecule has 0 saturated carbocycles. The number of pyridine rings is 1. The van der Waals surface area contributed by atoms with Crippen LogP contribution in [-0.4, -0.2) is 55.2 Å². The molecule has 1 fully saturated rings. The van der Waals surface area contributed by atoms with Crippen molar-refractivity contribution >= 4 is 23.1 Å². The molecule has 6 nitrogen and oxygen atoms in total. The maximum atomic E-state index is 14.4. The van der Waals surface area contributed by atoms with Gasteiger partial charge in [-0.2, -0.15) is 0 Å². The monoisotopic (exact) mass is 371 g/mol. The van der Waals surface area contributed by atoms with Gasteiger partial charge < -0.3 is 20.0 Å². The number of piperazine rings is 1. The van der Waals surface area contributed by atoms with Crippen LogP contribution in [0.2, 0.25) is 0 Å². The summed E-state index contributed by atoms with van der Waals surface area (Å²) in [5.41, 5.74) is 2.10. The molecule has 144 valence electrons. The first-order chi connectivity index (χ1) is 13.0. The summed E-state index contributed by atoms with van der Waals surface area (Å²) < 4.78 is 14.4. The van der Waals surface area contributed by atoms with E-state index in [1.807, 2.05) is 37.9 Å². The Kier molecular flexibility index (Phi) is 5.78. The second-order valence-electron chi connectivity index (χ2n) is 6.98. The van der Waals surface area contributed by atoms with E-state index in [2.05, 4.69) is 15.2 Å². The van der Waals surface area contributed by atoms with Crippen LogP contribution in [0, 0.1) is 5.82 Å². The van der Waals surface area contributed by atoms with E-state index in [0.29, 0.717) is 24.5 Å². The van der Waals surface area contributed by atoms with Crippen molar-refractivity contribution in [2.75, 3.05) is 48.3 Å². The number of nitrogens with zero attached hydrogens (tertiary/aromatic N) is 4. The molecule has 3 rings (SSSR count). The van der Waals surface area contributed by atoms with E-state index in [0.717, 1.165) is 18.8 Å². The fourth-order valence-corrected chi connectivity index (χ4v) is 3.07. The van der Waals surface area contributed by atoms with Gasteiger partial charge in [-0.25, -0.2) is 9.18 Å². The van der Waals surface area contributed by atoms with Crippen molar-refractivity contribution < 1.29 is 9.18 Å². The number of hydrogen-bond donors (Lipinski definition) is 1. The lowest BCUT2D eigenvalue weighted by atomic mass is 10.2. The number of urea groups is 1. The van der Waals surface area contributed by atoms with Crippen LogP contribution in [0.5, 0.6) is 0 Å². The minimum Gasteiger partial charge on any atom is -0.370 e. The first-order valence-corrected chi connectivity index (χ1v) is 9.19. The minimum atomic E-state index is -0.341. The van der Waals surface area contributed by atoms with Crippen LogP contribution in [0.3, 0.4) is 0 Å². The van der Waals surface area contributed by atoms with Crippen LogP contribution in [0.15, 0.2) is 42.7 Å². The fraction of sp³-hybridized carbons (Fsp3) is 0.400. The van der Waals surface area contributed by atoms with E-state index < -0.39 is 0 Å². The Morgan fingerprint density at radius 2 is 1.81 bits per heavy atom. The maximum Gasteiger partial charge on any atom is 0.321 e. The number of halogens is 1. The van der Waals surface area contributed by atoms with Crippen molar-refractivity contribution in [3.8, 4) is 0 Å². The van der Waals surface area contributed by atoms with Gasteiger partial charge in [0.05, 0.1) is 5.69 Å². The molecular formula is C20H26FN5O. The van der Waals surface area contributed by atoms with Crippen LogP contribution in [-0.2, 0) is 0 Å². The van der Waals surface area contributed by atoms with Crippen molar-refractivity contribution in [1.29, 1.82) is 0 Å². The zero-order chi connectivity index (χ0) is 19.4. The van der Waals surface area contributed by atoms with Crippen LogP contribution in [0.4, 0.5) is 26.2 Å². The van der Waals surface area contributed by atoms with Gasteiger partial charge in [0, 0.05) is 63.0 Å². The summed E-state index contributed by atoms with van der Waals surface area (Å²) in [6, 6.07) is 8.74. The number of carbonyl (C=O) groups excluding carboxylic acids is 1. The third-order valence-electron chi connectivity index (χ3n) is 4.95. The molecule has 27 heavy (non-hydrogen) atoms. The Morgan fingerprint density at radius 1 is 1.15 bits per heavy atom. The largest absolute Gasteiger partial charge is 0.370 e. The molecule has 2 heterocycles. The molecule has 0 unspecified atom stereocenters. The van der Waals surface area contributed by atoms with E-state index in [1.165, 1.54) is 6.07 Å². The lowest BCUT2D eigenvalue weighted by Crippen LogP contribution is -2.50. The molecule has 7 heteroatoms. The molecule has 2 aromatic rings. The molecule has 0 bridgehead atoms. The van der Waals surface area contributed by atoms with Gasteiger partial charge in [-0.1, -0.05) is 0 Å². The van der Waals surface area contributed by atoms with Gasteiger partial charge in [0.25, 0.3) is 0 Å². The minimum absolute atomic E-state index is 0.191. The van der Waals surface area contributed by atoms with Crippen LogP contribution >= 0.6 is 0 Å². The summed E-state index contributed by atoms with van der Waals surface area (Å²) in [7, 11) is 1.85. The number of aromatic nitrogens is 1. The highest BCUT2D eigenvalue weighted by molar-refractivity contribution is 5.89. The Balaban J connectivity index is 1.57. The second-order valence-corrected chi connectivity index (χ2v) is 6.98. The first kappa shape index (κ1) is 18.9.